The summed E-state index contributed by atoms with van der Waals surface area (Å²) in [5.41, 5.74) is 0. The number of hydrogen-bond acceptors (Lipinski definition) is 4. The summed E-state index contributed by atoms with van der Waals surface area (Å²) in [4.78, 5) is 6.68. The predicted molar refractivity (Wildman–Crippen MR) is 89.2 cm³/mol. The van der Waals surface area contributed by atoms with E-state index in [0.717, 1.165) is 63.2 Å². The smallest absolute Gasteiger partial charge is 0.193 e. The second-order valence-corrected chi connectivity index (χ2v) is 6.39. The van der Waals surface area contributed by atoms with E-state index in [9.17, 15) is 0 Å². The maximum Gasteiger partial charge on any atom is 0.193 e. The molecule has 2 rings (SSSR count). The highest BCUT2D eigenvalue weighted by Gasteiger charge is 2.32. The van der Waals surface area contributed by atoms with Crippen LogP contribution in [0, 0.1) is 0 Å². The van der Waals surface area contributed by atoms with Gasteiger partial charge >= 0.3 is 0 Å². The van der Waals surface area contributed by atoms with Crippen molar-refractivity contribution in [2.24, 2.45) is 4.99 Å². The Balaban J connectivity index is 1.76. The van der Waals surface area contributed by atoms with Crippen LogP contribution in [0.2, 0.25) is 0 Å². The fourth-order valence-corrected chi connectivity index (χ4v) is 3.30. The minimum atomic E-state index is 0.176. The molecule has 0 spiro atoms. The Morgan fingerprint density at radius 3 is 3.00 bits per heavy atom. The second kappa shape index (κ2) is 9.33. The minimum absolute atomic E-state index is 0.176. The summed E-state index contributed by atoms with van der Waals surface area (Å²) >= 11 is 1.87. The molecule has 2 heterocycles. The molecule has 120 valence electrons. The Labute approximate surface area is 132 Å². The molecule has 2 aliphatic heterocycles. The molecule has 0 bridgehead atoms. The SMILES string of the molecule is C=CCSCCNC(=NC)N1CCOC(C2CCCO2)C1. The first kappa shape index (κ1) is 16.6. The summed E-state index contributed by atoms with van der Waals surface area (Å²) in [5, 5.41) is 3.43. The van der Waals surface area contributed by atoms with Crippen LogP contribution in [0.3, 0.4) is 0 Å². The van der Waals surface area contributed by atoms with E-state index in [4.69, 9.17) is 9.47 Å². The van der Waals surface area contributed by atoms with Crippen molar-refractivity contribution in [1.82, 2.24) is 10.2 Å². The molecule has 5 nitrogen and oxygen atoms in total. The molecular formula is C15H27N3O2S. The Bertz CT molecular complexity index is 346. The van der Waals surface area contributed by atoms with E-state index >= 15 is 0 Å². The summed E-state index contributed by atoms with van der Waals surface area (Å²) in [7, 11) is 1.84. The van der Waals surface area contributed by atoms with Gasteiger partial charge < -0.3 is 19.7 Å². The number of guanidine groups is 1. The Morgan fingerprint density at radius 1 is 1.43 bits per heavy atom. The maximum atomic E-state index is 5.88. The molecule has 2 saturated heterocycles. The van der Waals surface area contributed by atoms with Crippen LogP contribution in [0.4, 0.5) is 0 Å². The molecule has 0 aromatic carbocycles. The molecule has 0 amide bonds. The molecule has 1 N–H and O–H groups in total. The fraction of sp³-hybridized carbons (Fsp3) is 0.800. The van der Waals surface area contributed by atoms with E-state index in [-0.39, 0.29) is 12.2 Å². The van der Waals surface area contributed by atoms with E-state index in [2.05, 4.69) is 21.8 Å². The van der Waals surface area contributed by atoms with Gasteiger partial charge in [-0.25, -0.2) is 0 Å². The van der Waals surface area contributed by atoms with Gasteiger partial charge in [0.2, 0.25) is 0 Å². The molecule has 0 radical (unpaired) electrons. The van der Waals surface area contributed by atoms with Crippen molar-refractivity contribution in [3.8, 4) is 0 Å². The topological polar surface area (TPSA) is 46.1 Å². The van der Waals surface area contributed by atoms with E-state index in [0.29, 0.717) is 0 Å². The summed E-state index contributed by atoms with van der Waals surface area (Å²) in [6.45, 7) is 8.03. The highest BCUT2D eigenvalue weighted by molar-refractivity contribution is 7.99. The Hall–Kier alpha value is -0.720. The third-order valence-corrected chi connectivity index (χ3v) is 4.71. The molecule has 6 heteroatoms. The van der Waals surface area contributed by atoms with Gasteiger partial charge in [0.15, 0.2) is 5.96 Å². The van der Waals surface area contributed by atoms with Crippen LogP contribution >= 0.6 is 11.8 Å². The van der Waals surface area contributed by atoms with Gasteiger partial charge in [-0.2, -0.15) is 11.8 Å². The second-order valence-electron chi connectivity index (χ2n) is 5.24. The van der Waals surface area contributed by atoms with Crippen molar-refractivity contribution in [2.75, 3.05) is 51.4 Å². The quantitative estimate of drug-likeness (QED) is 0.347. The molecule has 0 aliphatic carbocycles. The van der Waals surface area contributed by atoms with Gasteiger partial charge in [0.25, 0.3) is 0 Å². The van der Waals surface area contributed by atoms with Gasteiger partial charge in [-0.3, -0.25) is 4.99 Å². The van der Waals surface area contributed by atoms with Crippen molar-refractivity contribution >= 4 is 17.7 Å². The van der Waals surface area contributed by atoms with E-state index in [1.807, 2.05) is 24.9 Å². The lowest BCUT2D eigenvalue weighted by atomic mass is 10.1. The van der Waals surface area contributed by atoms with Gasteiger partial charge in [0.05, 0.1) is 12.7 Å². The monoisotopic (exact) mass is 313 g/mol. The average molecular weight is 313 g/mol. The number of rotatable bonds is 6. The zero-order valence-corrected chi connectivity index (χ0v) is 13.7. The van der Waals surface area contributed by atoms with Crippen molar-refractivity contribution in [3.63, 3.8) is 0 Å². The lowest BCUT2D eigenvalue weighted by molar-refractivity contribution is -0.0816. The summed E-state index contributed by atoms with van der Waals surface area (Å²) < 4.78 is 11.6. The third kappa shape index (κ3) is 5.20. The van der Waals surface area contributed by atoms with E-state index in [1.54, 1.807) is 0 Å². The van der Waals surface area contributed by atoms with Gasteiger partial charge in [-0.1, -0.05) is 6.08 Å². The summed E-state index contributed by atoms with van der Waals surface area (Å²) in [5.74, 6) is 3.03. The van der Waals surface area contributed by atoms with Crippen LogP contribution in [0.1, 0.15) is 12.8 Å². The molecule has 0 saturated carbocycles. The van der Waals surface area contributed by atoms with Crippen LogP contribution in [-0.2, 0) is 9.47 Å². The number of aliphatic imine (C=N–C) groups is 1. The Kier molecular flexibility index (Phi) is 7.39. The first-order valence-electron chi connectivity index (χ1n) is 7.72. The lowest BCUT2D eigenvalue weighted by Gasteiger charge is -2.37. The number of hydrogen-bond donors (Lipinski definition) is 1. The van der Waals surface area contributed by atoms with Crippen molar-refractivity contribution in [1.29, 1.82) is 0 Å². The standard InChI is InChI=1S/C15H27N3O2S/c1-3-10-21-11-6-17-15(16-2)18-7-9-20-14(12-18)13-5-4-8-19-13/h3,13-14H,1,4-12H2,2H3,(H,16,17). The molecule has 21 heavy (non-hydrogen) atoms. The molecule has 0 aromatic heterocycles. The molecule has 2 fully saturated rings. The summed E-state index contributed by atoms with van der Waals surface area (Å²) in [6, 6.07) is 0. The molecule has 2 atom stereocenters. The largest absolute Gasteiger partial charge is 0.375 e. The lowest BCUT2D eigenvalue weighted by Crippen LogP contribution is -2.53. The van der Waals surface area contributed by atoms with Gasteiger partial charge in [0, 0.05) is 44.8 Å². The molecular weight excluding hydrogens is 286 g/mol. The van der Waals surface area contributed by atoms with Crippen LogP contribution in [0.25, 0.3) is 0 Å². The first-order valence-corrected chi connectivity index (χ1v) is 8.88. The van der Waals surface area contributed by atoms with Gasteiger partial charge in [-0.05, 0) is 12.8 Å². The summed E-state index contributed by atoms with van der Waals surface area (Å²) in [6.07, 6.45) is 4.64. The van der Waals surface area contributed by atoms with Gasteiger partial charge in [0.1, 0.15) is 6.10 Å². The van der Waals surface area contributed by atoms with Crippen molar-refractivity contribution < 1.29 is 9.47 Å². The highest BCUT2D eigenvalue weighted by atomic mass is 32.2. The highest BCUT2D eigenvalue weighted by Crippen LogP contribution is 2.20. The number of nitrogens with zero attached hydrogens (tertiary/aromatic N) is 2. The van der Waals surface area contributed by atoms with Crippen LogP contribution in [0.15, 0.2) is 17.6 Å². The number of ether oxygens (including phenoxy) is 2. The number of morpholine rings is 1. The van der Waals surface area contributed by atoms with Crippen LogP contribution in [-0.4, -0.2) is 74.5 Å². The normalized spacial score (nSPS) is 26.9. The molecule has 2 aliphatic rings. The number of thioether (sulfide) groups is 1. The van der Waals surface area contributed by atoms with E-state index in [1.165, 1.54) is 0 Å². The van der Waals surface area contributed by atoms with Crippen molar-refractivity contribution in [3.05, 3.63) is 12.7 Å². The fourth-order valence-electron chi connectivity index (χ4n) is 2.72. The van der Waals surface area contributed by atoms with E-state index < -0.39 is 0 Å². The van der Waals surface area contributed by atoms with Crippen LogP contribution < -0.4 is 5.32 Å². The minimum Gasteiger partial charge on any atom is -0.375 e. The molecule has 0 aromatic rings. The average Bonchev–Trinajstić information content (AvgIpc) is 3.05. The predicted octanol–water partition coefficient (Wildman–Crippen LogP) is 1.36. The molecule has 2 unspecified atom stereocenters. The zero-order chi connectivity index (χ0) is 14.9. The van der Waals surface area contributed by atoms with Crippen molar-refractivity contribution in [2.45, 2.75) is 25.0 Å². The maximum absolute atomic E-state index is 5.88. The third-order valence-electron chi connectivity index (χ3n) is 3.75. The van der Waals surface area contributed by atoms with Crippen LogP contribution in [0.5, 0.6) is 0 Å². The Morgan fingerprint density at radius 2 is 2.29 bits per heavy atom. The van der Waals surface area contributed by atoms with Gasteiger partial charge in [-0.15, -0.1) is 6.58 Å². The zero-order valence-electron chi connectivity index (χ0n) is 12.9. The number of nitrogens with one attached hydrogen (secondary N) is 1. The first-order chi connectivity index (χ1) is 10.3.